The van der Waals surface area contributed by atoms with Gasteiger partial charge >= 0.3 is 10.5 Å². The standard InChI is InChI=1S/C20H23N3O2.HNO2S/c1-12-7-15(16-9-18(25-4)20(24)22(3)11-16)8-17-19(12)21-13(2)23(17)10-14-5-6-14;1-4(2)3/h7-9,11,14H,5-6,10H2,1-4H3;1H. The lowest BCUT2D eigenvalue weighted by Crippen LogP contribution is -2.17. The van der Waals surface area contributed by atoms with E-state index in [-0.39, 0.29) is 5.56 Å². The highest BCUT2D eigenvalue weighted by atomic mass is 32.2. The molecule has 9 heteroatoms. The van der Waals surface area contributed by atoms with E-state index in [4.69, 9.17) is 22.9 Å². The van der Waals surface area contributed by atoms with Gasteiger partial charge in [-0.1, -0.05) is 0 Å². The predicted octanol–water partition coefficient (Wildman–Crippen LogP) is 3.07. The molecule has 8 nitrogen and oxygen atoms in total. The van der Waals surface area contributed by atoms with Gasteiger partial charge in [0.1, 0.15) is 5.82 Å². The minimum atomic E-state index is -2.61. The molecule has 1 saturated carbocycles. The van der Waals surface area contributed by atoms with Gasteiger partial charge in [0.15, 0.2) is 5.75 Å². The molecular formula is C20H24N4O4S. The summed E-state index contributed by atoms with van der Waals surface area (Å²) in [6, 6.07) is 6.14. The Morgan fingerprint density at radius 3 is 2.45 bits per heavy atom. The number of hydrogen-bond donors (Lipinski definition) is 1. The van der Waals surface area contributed by atoms with Gasteiger partial charge in [0, 0.05) is 25.4 Å². The van der Waals surface area contributed by atoms with Crippen LogP contribution in [-0.2, 0) is 24.1 Å². The first kappa shape index (κ1) is 20.8. The zero-order valence-electron chi connectivity index (χ0n) is 16.9. The lowest BCUT2D eigenvalue weighted by molar-refractivity contribution is 0.405. The van der Waals surface area contributed by atoms with Crippen LogP contribution in [-0.4, -0.2) is 29.6 Å². The number of ether oxygens (including phenoxy) is 1. The molecule has 0 spiro atoms. The maximum absolute atomic E-state index is 12.1. The summed E-state index contributed by atoms with van der Waals surface area (Å²) in [7, 11) is 0.671. The van der Waals surface area contributed by atoms with Gasteiger partial charge in [-0.2, -0.15) is 13.2 Å². The van der Waals surface area contributed by atoms with Crippen molar-refractivity contribution in [3.05, 3.63) is 46.1 Å². The minimum absolute atomic E-state index is 0.126. The molecule has 29 heavy (non-hydrogen) atoms. The van der Waals surface area contributed by atoms with Crippen LogP contribution in [0.15, 0.2) is 29.2 Å². The fourth-order valence-corrected chi connectivity index (χ4v) is 3.45. The number of benzene rings is 1. The Kier molecular flexibility index (Phi) is 5.88. The van der Waals surface area contributed by atoms with Gasteiger partial charge in [-0.15, -0.1) is 0 Å². The molecular weight excluding hydrogens is 392 g/mol. The van der Waals surface area contributed by atoms with Crippen LogP contribution in [0.25, 0.3) is 22.2 Å². The highest BCUT2D eigenvalue weighted by Crippen LogP contribution is 2.34. The first-order valence-electron chi connectivity index (χ1n) is 9.24. The first-order chi connectivity index (χ1) is 13.7. The minimum Gasteiger partial charge on any atom is -0.491 e. The molecule has 154 valence electrons. The van der Waals surface area contributed by atoms with Crippen LogP contribution in [0.2, 0.25) is 0 Å². The molecule has 0 unspecified atom stereocenters. The van der Waals surface area contributed by atoms with Crippen molar-refractivity contribution in [1.29, 1.82) is 4.78 Å². The summed E-state index contributed by atoms with van der Waals surface area (Å²) in [5.74, 6) is 2.22. The number of pyridine rings is 1. The molecule has 0 bridgehead atoms. The van der Waals surface area contributed by atoms with Crippen LogP contribution in [0.1, 0.15) is 24.2 Å². The molecule has 1 N–H and O–H groups in total. The number of nitrogens with one attached hydrogen (secondary N) is 1. The van der Waals surface area contributed by atoms with E-state index in [1.807, 2.05) is 12.3 Å². The number of imidazole rings is 1. The maximum atomic E-state index is 12.1. The Balaban J connectivity index is 0.000000552. The van der Waals surface area contributed by atoms with Gasteiger partial charge in [0.2, 0.25) is 0 Å². The van der Waals surface area contributed by atoms with Gasteiger partial charge in [0.05, 0.1) is 18.1 Å². The van der Waals surface area contributed by atoms with E-state index in [1.165, 1.54) is 25.5 Å². The molecule has 4 rings (SSSR count). The Hall–Kier alpha value is -2.94. The highest BCUT2D eigenvalue weighted by Gasteiger charge is 2.24. The number of fused-ring (bicyclic) bond motifs is 1. The van der Waals surface area contributed by atoms with E-state index in [1.54, 1.807) is 11.6 Å². The normalized spacial score (nSPS) is 13.1. The van der Waals surface area contributed by atoms with Crippen LogP contribution in [0.5, 0.6) is 5.75 Å². The molecule has 2 aromatic heterocycles. The average Bonchev–Trinajstić information content (AvgIpc) is 3.41. The maximum Gasteiger partial charge on any atom is 0.308 e. The number of nitrogens with zero attached hydrogens (tertiary/aromatic N) is 3. The summed E-state index contributed by atoms with van der Waals surface area (Å²) in [6.07, 6.45) is 4.49. The summed E-state index contributed by atoms with van der Waals surface area (Å²) in [4.78, 5) is 16.8. The molecule has 1 fully saturated rings. The molecule has 1 aromatic carbocycles. The lowest BCUT2D eigenvalue weighted by Gasteiger charge is -2.11. The number of rotatable bonds is 4. The van der Waals surface area contributed by atoms with Crippen molar-refractivity contribution in [3.8, 4) is 16.9 Å². The Morgan fingerprint density at radius 1 is 1.21 bits per heavy atom. The zero-order valence-corrected chi connectivity index (χ0v) is 17.7. The average molecular weight is 417 g/mol. The van der Waals surface area contributed by atoms with E-state index in [2.05, 4.69) is 30.5 Å². The summed E-state index contributed by atoms with van der Waals surface area (Å²) in [6.45, 7) is 5.22. The second-order valence-corrected chi connectivity index (χ2v) is 7.79. The van der Waals surface area contributed by atoms with Gasteiger partial charge in [-0.25, -0.2) is 4.98 Å². The zero-order chi connectivity index (χ0) is 21.3. The van der Waals surface area contributed by atoms with Crippen LogP contribution in [0.4, 0.5) is 0 Å². The quantitative estimate of drug-likeness (QED) is 0.703. The Morgan fingerprint density at radius 2 is 1.86 bits per heavy atom. The molecule has 0 radical (unpaired) electrons. The third-order valence-electron chi connectivity index (χ3n) is 5.08. The van der Waals surface area contributed by atoms with Crippen molar-refractivity contribution in [1.82, 2.24) is 14.1 Å². The van der Waals surface area contributed by atoms with E-state index < -0.39 is 10.5 Å². The van der Waals surface area contributed by atoms with Crippen LogP contribution in [0.3, 0.4) is 0 Å². The topological polar surface area (TPSA) is 107 Å². The summed E-state index contributed by atoms with van der Waals surface area (Å²) in [5.41, 5.74) is 5.32. The predicted molar refractivity (Wildman–Crippen MR) is 111 cm³/mol. The van der Waals surface area contributed by atoms with Gasteiger partial charge in [0.25, 0.3) is 5.56 Å². The third kappa shape index (κ3) is 4.56. The molecule has 1 aliphatic carbocycles. The van der Waals surface area contributed by atoms with E-state index >= 15 is 0 Å². The van der Waals surface area contributed by atoms with E-state index in [0.717, 1.165) is 40.5 Å². The summed E-state index contributed by atoms with van der Waals surface area (Å²) in [5, 5.41) is 0. The Bertz CT molecular complexity index is 1230. The van der Waals surface area contributed by atoms with Crippen LogP contribution in [0, 0.1) is 24.5 Å². The second-order valence-electron chi connectivity index (χ2n) is 7.32. The molecule has 1 aliphatic rings. The van der Waals surface area contributed by atoms with Crippen molar-refractivity contribution in [2.24, 2.45) is 13.0 Å². The fraction of sp³-hybridized carbons (Fsp3) is 0.400. The number of aryl methyl sites for hydroxylation is 3. The van der Waals surface area contributed by atoms with E-state index in [9.17, 15) is 4.79 Å². The Labute approximate surface area is 170 Å². The third-order valence-corrected chi connectivity index (χ3v) is 5.08. The van der Waals surface area contributed by atoms with Gasteiger partial charge in [-0.3, -0.25) is 4.79 Å². The van der Waals surface area contributed by atoms with Crippen molar-refractivity contribution in [3.63, 3.8) is 0 Å². The second kappa shape index (κ2) is 8.20. The summed E-state index contributed by atoms with van der Waals surface area (Å²) < 4.78 is 32.0. The first-order valence-corrected chi connectivity index (χ1v) is 10.3. The smallest absolute Gasteiger partial charge is 0.308 e. The highest BCUT2D eigenvalue weighted by molar-refractivity contribution is 7.60. The number of methoxy groups -OCH3 is 1. The van der Waals surface area contributed by atoms with Crippen molar-refractivity contribution < 1.29 is 13.2 Å². The van der Waals surface area contributed by atoms with Crippen LogP contribution >= 0.6 is 0 Å². The van der Waals surface area contributed by atoms with E-state index in [0.29, 0.717) is 5.75 Å². The number of aromatic nitrogens is 3. The molecule has 0 aliphatic heterocycles. The molecule has 0 saturated heterocycles. The molecule has 2 heterocycles. The van der Waals surface area contributed by atoms with Crippen molar-refractivity contribution in [2.45, 2.75) is 33.2 Å². The van der Waals surface area contributed by atoms with Crippen LogP contribution < -0.4 is 10.3 Å². The largest absolute Gasteiger partial charge is 0.491 e. The van der Waals surface area contributed by atoms with Gasteiger partial charge < -0.3 is 13.9 Å². The van der Waals surface area contributed by atoms with Crippen molar-refractivity contribution in [2.75, 3.05) is 7.11 Å². The monoisotopic (exact) mass is 416 g/mol. The van der Waals surface area contributed by atoms with Crippen molar-refractivity contribution >= 4 is 21.5 Å². The summed E-state index contributed by atoms with van der Waals surface area (Å²) >= 11 is 0. The van der Waals surface area contributed by atoms with Gasteiger partial charge in [-0.05, 0) is 61.9 Å². The molecule has 3 aromatic rings. The fourth-order valence-electron chi connectivity index (χ4n) is 3.45. The molecule has 0 atom stereocenters. The molecule has 0 amide bonds. The SMILES string of the molecule is COc1cc(-c2cc(C)c3nc(C)n(CC4CC4)c3c2)cn(C)c1=O.N=S(=O)=O. The number of hydrogen-bond acceptors (Lipinski definition) is 6. The lowest BCUT2D eigenvalue weighted by atomic mass is 10.0.